The molecular formula is C23H27N3O6. The molecule has 0 saturated carbocycles. The van der Waals surface area contributed by atoms with Crippen molar-refractivity contribution in [2.24, 2.45) is 5.92 Å². The largest absolute Gasteiger partial charge is 0.466 e. The first-order valence-electron chi connectivity index (χ1n) is 10.7. The number of allylic oxidation sites excluding steroid dienone is 2. The average molecular weight is 441 g/mol. The van der Waals surface area contributed by atoms with E-state index in [1.165, 1.54) is 19.2 Å². The van der Waals surface area contributed by atoms with Crippen molar-refractivity contribution in [3.8, 4) is 0 Å². The molecule has 4 aliphatic rings. The molecule has 2 atom stereocenters. The molecule has 0 spiro atoms. The second kappa shape index (κ2) is 8.74. The first kappa shape index (κ1) is 22.0. The van der Waals surface area contributed by atoms with Crippen molar-refractivity contribution in [1.29, 1.82) is 0 Å². The number of non-ortho nitro benzene ring substituents is 1. The predicted octanol–water partition coefficient (Wildman–Crippen LogP) is 2.64. The van der Waals surface area contributed by atoms with E-state index in [-0.39, 0.29) is 22.9 Å². The summed E-state index contributed by atoms with van der Waals surface area (Å²) in [5.41, 5.74) is 1.93. The minimum atomic E-state index is -0.836. The number of piperidine rings is 3. The average Bonchev–Trinajstić information content (AvgIpc) is 2.78. The van der Waals surface area contributed by atoms with Crippen LogP contribution in [0.2, 0.25) is 0 Å². The highest BCUT2D eigenvalue weighted by Crippen LogP contribution is 2.41. The molecule has 1 unspecified atom stereocenters. The van der Waals surface area contributed by atoms with Crippen LogP contribution in [0.3, 0.4) is 0 Å². The van der Waals surface area contributed by atoms with E-state index >= 15 is 0 Å². The van der Waals surface area contributed by atoms with Gasteiger partial charge in [-0.1, -0.05) is 12.1 Å². The lowest BCUT2D eigenvalue weighted by Crippen LogP contribution is -2.52. The van der Waals surface area contributed by atoms with Gasteiger partial charge in [0.05, 0.1) is 29.1 Å². The van der Waals surface area contributed by atoms with Gasteiger partial charge in [-0.2, -0.15) is 0 Å². The van der Waals surface area contributed by atoms with Crippen LogP contribution in [0.1, 0.15) is 38.2 Å². The van der Waals surface area contributed by atoms with Gasteiger partial charge in [-0.05, 0) is 51.3 Å². The first-order valence-corrected chi connectivity index (χ1v) is 10.7. The van der Waals surface area contributed by atoms with Crippen LogP contribution in [0.4, 0.5) is 5.69 Å². The fourth-order valence-corrected chi connectivity index (χ4v) is 5.04. The van der Waals surface area contributed by atoms with Gasteiger partial charge in [0, 0.05) is 30.1 Å². The molecule has 170 valence electrons. The fraction of sp³-hybridized carbons (Fsp3) is 0.478. The van der Waals surface area contributed by atoms with E-state index in [1.54, 1.807) is 26.0 Å². The number of nitrogens with one attached hydrogen (secondary N) is 1. The zero-order valence-electron chi connectivity index (χ0n) is 18.4. The molecule has 2 bridgehead atoms. The number of rotatable bonds is 5. The number of hydrogen-bond acceptors (Lipinski definition) is 8. The zero-order chi connectivity index (χ0) is 23.0. The lowest BCUT2D eigenvalue weighted by molar-refractivity contribution is -0.384. The Labute approximate surface area is 186 Å². The van der Waals surface area contributed by atoms with Gasteiger partial charge in [-0.3, -0.25) is 15.0 Å². The molecule has 0 aliphatic carbocycles. The van der Waals surface area contributed by atoms with Crippen molar-refractivity contribution in [3.63, 3.8) is 0 Å². The van der Waals surface area contributed by atoms with Crippen molar-refractivity contribution in [2.75, 3.05) is 26.7 Å². The Morgan fingerprint density at radius 2 is 1.78 bits per heavy atom. The number of nitro groups is 1. The molecule has 3 fully saturated rings. The van der Waals surface area contributed by atoms with E-state index < -0.39 is 22.8 Å². The van der Waals surface area contributed by atoms with E-state index in [2.05, 4.69) is 10.2 Å². The minimum Gasteiger partial charge on any atom is -0.466 e. The highest BCUT2D eigenvalue weighted by atomic mass is 16.6. The van der Waals surface area contributed by atoms with Gasteiger partial charge in [0.25, 0.3) is 5.69 Å². The van der Waals surface area contributed by atoms with Crippen LogP contribution in [-0.4, -0.2) is 54.6 Å². The Morgan fingerprint density at radius 1 is 1.12 bits per heavy atom. The molecule has 3 saturated heterocycles. The van der Waals surface area contributed by atoms with Crippen molar-refractivity contribution in [3.05, 3.63) is 62.5 Å². The maximum Gasteiger partial charge on any atom is 0.337 e. The van der Waals surface area contributed by atoms with Crippen molar-refractivity contribution in [2.45, 2.75) is 38.7 Å². The molecule has 0 aromatic heterocycles. The highest BCUT2D eigenvalue weighted by Gasteiger charge is 2.41. The van der Waals surface area contributed by atoms with E-state index in [0.29, 0.717) is 29.4 Å². The smallest absolute Gasteiger partial charge is 0.337 e. The molecule has 1 N–H and O–H groups in total. The summed E-state index contributed by atoms with van der Waals surface area (Å²) in [6, 6.07) is 5.99. The molecule has 5 rings (SSSR count). The number of methoxy groups -OCH3 is 1. The predicted molar refractivity (Wildman–Crippen MR) is 115 cm³/mol. The zero-order valence-corrected chi connectivity index (χ0v) is 18.4. The molecule has 1 aromatic rings. The highest BCUT2D eigenvalue weighted by molar-refractivity contribution is 6.00. The van der Waals surface area contributed by atoms with Crippen LogP contribution in [0.15, 0.2) is 46.8 Å². The number of esters is 2. The number of carbonyl (C=O) groups excluding carboxylic acids is 2. The maximum atomic E-state index is 13.5. The number of ether oxygens (including phenoxy) is 2. The molecule has 9 heteroatoms. The quantitative estimate of drug-likeness (QED) is 0.422. The van der Waals surface area contributed by atoms with E-state index in [1.807, 2.05) is 0 Å². The van der Waals surface area contributed by atoms with Gasteiger partial charge in [0.2, 0.25) is 0 Å². The fourth-order valence-electron chi connectivity index (χ4n) is 5.04. The van der Waals surface area contributed by atoms with Gasteiger partial charge in [-0.15, -0.1) is 0 Å². The number of dihydropyridines is 1. The molecule has 1 aromatic carbocycles. The van der Waals surface area contributed by atoms with Crippen LogP contribution in [0, 0.1) is 16.0 Å². The molecule has 32 heavy (non-hydrogen) atoms. The second-order valence-electron chi connectivity index (χ2n) is 8.56. The van der Waals surface area contributed by atoms with E-state index in [0.717, 1.165) is 25.9 Å². The summed E-state index contributed by atoms with van der Waals surface area (Å²) in [6.45, 7) is 6.21. The first-order chi connectivity index (χ1) is 15.3. The summed E-state index contributed by atoms with van der Waals surface area (Å²) < 4.78 is 11.0. The van der Waals surface area contributed by atoms with Gasteiger partial charge in [-0.25, -0.2) is 9.59 Å². The third-order valence-corrected chi connectivity index (χ3v) is 6.65. The lowest BCUT2D eigenvalue weighted by Gasteiger charge is -2.44. The summed E-state index contributed by atoms with van der Waals surface area (Å²) in [7, 11) is 1.27. The van der Waals surface area contributed by atoms with Gasteiger partial charge >= 0.3 is 11.9 Å². The van der Waals surface area contributed by atoms with Crippen molar-refractivity contribution in [1.82, 2.24) is 10.2 Å². The summed E-state index contributed by atoms with van der Waals surface area (Å²) >= 11 is 0. The van der Waals surface area contributed by atoms with Gasteiger partial charge in [0.1, 0.15) is 6.10 Å². The van der Waals surface area contributed by atoms with Crippen molar-refractivity contribution >= 4 is 17.6 Å². The normalized spacial score (nSPS) is 27.1. The number of fused-ring (bicyclic) bond motifs is 3. The Hall–Kier alpha value is -3.20. The van der Waals surface area contributed by atoms with Crippen LogP contribution in [0.5, 0.6) is 0 Å². The standard InChI is InChI=1S/C23H27N3O6/c1-13-19(22(27)31-3)21(16-5-4-6-17(11-16)26(29)30)20(14(2)24-13)23(28)32-18-12-25-9-7-15(18)8-10-25/h4-6,11,15,18,21,24H,7-10,12H2,1-3H3/t18-,21?/m0/s1. The molecular weight excluding hydrogens is 414 g/mol. The summed E-state index contributed by atoms with van der Waals surface area (Å²) in [5, 5.41) is 14.5. The lowest BCUT2D eigenvalue weighted by atomic mass is 9.80. The maximum absolute atomic E-state index is 13.5. The summed E-state index contributed by atoms with van der Waals surface area (Å²) in [5.74, 6) is -1.63. The van der Waals surface area contributed by atoms with E-state index in [4.69, 9.17) is 9.47 Å². The molecule has 4 heterocycles. The second-order valence-corrected chi connectivity index (χ2v) is 8.56. The topological polar surface area (TPSA) is 111 Å². The van der Waals surface area contributed by atoms with Gasteiger partial charge in [0.15, 0.2) is 0 Å². The molecule has 0 amide bonds. The number of benzene rings is 1. The van der Waals surface area contributed by atoms with Gasteiger partial charge < -0.3 is 14.8 Å². The minimum absolute atomic E-state index is 0.120. The third-order valence-electron chi connectivity index (χ3n) is 6.65. The number of hydrogen-bond donors (Lipinski definition) is 1. The van der Waals surface area contributed by atoms with Crippen LogP contribution >= 0.6 is 0 Å². The summed E-state index contributed by atoms with van der Waals surface area (Å²) in [6.07, 6.45) is 1.79. The van der Waals surface area contributed by atoms with Crippen LogP contribution in [0.25, 0.3) is 0 Å². The molecule has 4 aliphatic heterocycles. The number of nitrogens with zero attached hydrogens (tertiary/aromatic N) is 2. The Bertz CT molecular complexity index is 1020. The number of carbonyl (C=O) groups is 2. The molecule has 0 radical (unpaired) electrons. The molecule has 9 nitrogen and oxygen atoms in total. The number of nitro benzene ring substituents is 1. The monoisotopic (exact) mass is 441 g/mol. The SMILES string of the molecule is COC(=O)C1=C(C)NC(C)=C(C(=O)O[C@H]2CN3CCC2CC3)C1c1cccc([N+](=O)[O-])c1. The Balaban J connectivity index is 1.73. The van der Waals surface area contributed by atoms with Crippen LogP contribution < -0.4 is 5.32 Å². The van der Waals surface area contributed by atoms with E-state index in [9.17, 15) is 19.7 Å². The Kier molecular flexibility index (Phi) is 6.01. The van der Waals surface area contributed by atoms with Crippen LogP contribution in [-0.2, 0) is 19.1 Å². The summed E-state index contributed by atoms with van der Waals surface area (Å²) in [4.78, 5) is 39.3. The Morgan fingerprint density at radius 3 is 2.34 bits per heavy atom. The van der Waals surface area contributed by atoms with Crippen molar-refractivity contribution < 1.29 is 24.0 Å². The third kappa shape index (κ3) is 4.00.